The van der Waals surface area contributed by atoms with Crippen LogP contribution in [0.1, 0.15) is 12.8 Å². The molecule has 5 nitrogen and oxygen atoms in total. The highest BCUT2D eigenvalue weighted by Gasteiger charge is 2.08. The molecule has 0 aromatic heterocycles. The molecule has 1 aromatic rings. The molecule has 0 spiro atoms. The molecule has 0 aliphatic carbocycles. The van der Waals surface area contributed by atoms with E-state index in [-0.39, 0.29) is 5.91 Å². The molecule has 0 N–H and O–H groups in total. The van der Waals surface area contributed by atoms with Crippen LogP contribution in [0.5, 0.6) is 5.75 Å². The molecule has 0 atom stereocenters. The molecule has 1 amide bonds. The van der Waals surface area contributed by atoms with Gasteiger partial charge in [0, 0.05) is 39.4 Å². The Kier molecular flexibility index (Phi) is 6.38. The first-order valence-electron chi connectivity index (χ1n) is 6.55. The van der Waals surface area contributed by atoms with Crippen molar-refractivity contribution >= 4 is 11.6 Å². The number of nitrogens with zero attached hydrogens (tertiary/aromatic N) is 3. The second-order valence-electron chi connectivity index (χ2n) is 4.71. The summed E-state index contributed by atoms with van der Waals surface area (Å²) in [6.07, 6.45) is 0.669. The summed E-state index contributed by atoms with van der Waals surface area (Å²) >= 11 is 0. The summed E-state index contributed by atoms with van der Waals surface area (Å²) in [5.74, 6) is 0.743. The highest BCUT2D eigenvalue weighted by Crippen LogP contribution is 2.19. The van der Waals surface area contributed by atoms with E-state index in [1.807, 2.05) is 49.3 Å². The van der Waals surface area contributed by atoms with E-state index in [4.69, 9.17) is 10.00 Å². The normalized spacial score (nSPS) is 9.70. The van der Waals surface area contributed by atoms with Crippen LogP contribution in [0.3, 0.4) is 0 Å². The van der Waals surface area contributed by atoms with Gasteiger partial charge in [-0.2, -0.15) is 5.26 Å². The van der Waals surface area contributed by atoms with Crippen LogP contribution in [-0.4, -0.2) is 45.1 Å². The Labute approximate surface area is 120 Å². The minimum absolute atomic E-state index is 0.0102. The lowest BCUT2D eigenvalue weighted by Gasteiger charge is -2.16. The fourth-order valence-electron chi connectivity index (χ4n) is 1.64. The van der Waals surface area contributed by atoms with E-state index in [0.717, 1.165) is 11.4 Å². The number of hydrogen-bond acceptors (Lipinski definition) is 4. The number of anilines is 1. The van der Waals surface area contributed by atoms with Crippen LogP contribution in [0.25, 0.3) is 0 Å². The molecule has 0 bridgehead atoms. The monoisotopic (exact) mass is 275 g/mol. The van der Waals surface area contributed by atoms with Gasteiger partial charge in [0.15, 0.2) is 0 Å². The standard InChI is InChI=1S/C15H21N3O2/c1-17(2)13-6-4-7-14(12-13)20-11-8-15(19)18(3)10-5-9-16/h4,6-7,12H,5,8,10-11H2,1-3H3. The summed E-state index contributed by atoms with van der Waals surface area (Å²) in [6, 6.07) is 9.74. The average Bonchev–Trinajstić information content (AvgIpc) is 2.44. The zero-order valence-electron chi connectivity index (χ0n) is 12.3. The van der Waals surface area contributed by atoms with Gasteiger partial charge < -0.3 is 14.5 Å². The third kappa shape index (κ3) is 5.19. The lowest BCUT2D eigenvalue weighted by atomic mass is 10.3. The van der Waals surface area contributed by atoms with E-state index < -0.39 is 0 Å². The number of carbonyl (C=O) groups is 1. The maximum atomic E-state index is 11.7. The fourth-order valence-corrected chi connectivity index (χ4v) is 1.64. The van der Waals surface area contributed by atoms with Gasteiger partial charge >= 0.3 is 0 Å². The Hall–Kier alpha value is -2.22. The Bertz CT molecular complexity index is 480. The topological polar surface area (TPSA) is 56.6 Å². The van der Waals surface area contributed by atoms with E-state index in [0.29, 0.717) is 26.0 Å². The number of benzene rings is 1. The van der Waals surface area contributed by atoms with Crippen LogP contribution < -0.4 is 9.64 Å². The number of amides is 1. The summed E-state index contributed by atoms with van der Waals surface area (Å²) in [4.78, 5) is 15.3. The Balaban J connectivity index is 2.39. The van der Waals surface area contributed by atoms with Crippen LogP contribution in [0.2, 0.25) is 0 Å². The van der Waals surface area contributed by atoms with Crippen molar-refractivity contribution in [2.45, 2.75) is 12.8 Å². The fraction of sp³-hybridized carbons (Fsp3) is 0.467. The molecule has 1 aromatic carbocycles. The van der Waals surface area contributed by atoms with Gasteiger partial charge in [0.25, 0.3) is 0 Å². The van der Waals surface area contributed by atoms with Crippen molar-refractivity contribution in [2.75, 3.05) is 39.2 Å². The second kappa shape index (κ2) is 8.05. The lowest BCUT2D eigenvalue weighted by Crippen LogP contribution is -2.28. The second-order valence-corrected chi connectivity index (χ2v) is 4.71. The molecular weight excluding hydrogens is 254 g/mol. The van der Waals surface area contributed by atoms with Gasteiger partial charge in [-0.25, -0.2) is 0 Å². The smallest absolute Gasteiger partial charge is 0.225 e. The molecule has 108 valence electrons. The molecule has 0 aliphatic heterocycles. The third-order valence-electron chi connectivity index (χ3n) is 2.90. The number of ether oxygens (including phenoxy) is 1. The van der Waals surface area contributed by atoms with Crippen LogP contribution >= 0.6 is 0 Å². The molecule has 1 rings (SSSR count). The van der Waals surface area contributed by atoms with E-state index in [2.05, 4.69) is 0 Å². The zero-order chi connectivity index (χ0) is 15.0. The van der Waals surface area contributed by atoms with Crippen molar-refractivity contribution in [2.24, 2.45) is 0 Å². The maximum absolute atomic E-state index is 11.7. The molecule has 0 unspecified atom stereocenters. The first-order valence-corrected chi connectivity index (χ1v) is 6.55. The van der Waals surface area contributed by atoms with Crippen molar-refractivity contribution in [3.05, 3.63) is 24.3 Å². The van der Waals surface area contributed by atoms with E-state index in [9.17, 15) is 4.79 Å². The first kappa shape index (κ1) is 15.8. The molecule has 5 heteroatoms. The van der Waals surface area contributed by atoms with Crippen LogP contribution in [-0.2, 0) is 4.79 Å². The van der Waals surface area contributed by atoms with Crippen molar-refractivity contribution in [3.63, 3.8) is 0 Å². The molecule has 0 saturated carbocycles. The minimum atomic E-state index is -0.0102. The van der Waals surface area contributed by atoms with Crippen LogP contribution in [0, 0.1) is 11.3 Å². The van der Waals surface area contributed by atoms with Gasteiger partial charge in [0.2, 0.25) is 5.91 Å². The molecule has 0 radical (unpaired) electrons. The lowest BCUT2D eigenvalue weighted by molar-refractivity contribution is -0.130. The average molecular weight is 275 g/mol. The van der Waals surface area contributed by atoms with Crippen molar-refractivity contribution in [1.29, 1.82) is 5.26 Å². The number of rotatable bonds is 7. The van der Waals surface area contributed by atoms with Crippen molar-refractivity contribution in [1.82, 2.24) is 4.90 Å². The molecule has 0 aliphatic rings. The summed E-state index contributed by atoms with van der Waals surface area (Å²) in [5.41, 5.74) is 1.06. The van der Waals surface area contributed by atoms with Crippen LogP contribution in [0.15, 0.2) is 24.3 Å². The molecular formula is C15H21N3O2. The summed E-state index contributed by atoms with van der Waals surface area (Å²) in [6.45, 7) is 0.804. The first-order chi connectivity index (χ1) is 9.54. The summed E-state index contributed by atoms with van der Waals surface area (Å²) in [5, 5.41) is 8.48. The largest absolute Gasteiger partial charge is 0.493 e. The van der Waals surface area contributed by atoms with E-state index >= 15 is 0 Å². The Morgan fingerprint density at radius 2 is 2.10 bits per heavy atom. The Morgan fingerprint density at radius 3 is 2.75 bits per heavy atom. The molecule has 0 fully saturated rings. The van der Waals surface area contributed by atoms with Gasteiger partial charge in [0.05, 0.1) is 25.5 Å². The number of carbonyl (C=O) groups excluding carboxylic acids is 1. The number of nitriles is 1. The van der Waals surface area contributed by atoms with E-state index in [1.54, 1.807) is 11.9 Å². The molecule has 0 saturated heterocycles. The van der Waals surface area contributed by atoms with Crippen molar-refractivity contribution in [3.8, 4) is 11.8 Å². The third-order valence-corrected chi connectivity index (χ3v) is 2.90. The summed E-state index contributed by atoms with van der Waals surface area (Å²) < 4.78 is 5.58. The van der Waals surface area contributed by atoms with E-state index in [1.165, 1.54) is 0 Å². The van der Waals surface area contributed by atoms with Crippen LogP contribution in [0.4, 0.5) is 5.69 Å². The zero-order valence-corrected chi connectivity index (χ0v) is 12.3. The SMILES string of the molecule is CN(CCC#N)C(=O)CCOc1cccc(N(C)C)c1. The minimum Gasteiger partial charge on any atom is -0.493 e. The van der Waals surface area contributed by atoms with Gasteiger partial charge in [-0.05, 0) is 12.1 Å². The van der Waals surface area contributed by atoms with Gasteiger partial charge in [-0.1, -0.05) is 6.07 Å². The number of hydrogen-bond donors (Lipinski definition) is 0. The van der Waals surface area contributed by atoms with Crippen molar-refractivity contribution < 1.29 is 9.53 Å². The summed E-state index contributed by atoms with van der Waals surface area (Å²) in [7, 11) is 5.63. The Morgan fingerprint density at radius 1 is 1.35 bits per heavy atom. The van der Waals surface area contributed by atoms with Gasteiger partial charge in [-0.15, -0.1) is 0 Å². The molecule has 0 heterocycles. The van der Waals surface area contributed by atoms with Gasteiger partial charge in [-0.3, -0.25) is 4.79 Å². The van der Waals surface area contributed by atoms with Gasteiger partial charge in [0.1, 0.15) is 5.75 Å². The predicted octanol–water partition coefficient (Wildman–Crippen LogP) is 1.89. The molecule has 20 heavy (non-hydrogen) atoms. The predicted molar refractivity (Wildman–Crippen MR) is 78.7 cm³/mol. The highest BCUT2D eigenvalue weighted by atomic mass is 16.5. The quantitative estimate of drug-likeness (QED) is 0.762. The highest BCUT2D eigenvalue weighted by molar-refractivity contribution is 5.76. The maximum Gasteiger partial charge on any atom is 0.225 e.